The van der Waals surface area contributed by atoms with Crippen molar-refractivity contribution in [3.05, 3.63) is 35.9 Å². The Morgan fingerprint density at radius 2 is 2.10 bits per heavy atom. The minimum atomic E-state index is 0.0756. The van der Waals surface area contributed by atoms with E-state index in [0.29, 0.717) is 0 Å². The number of rotatable bonds is 6. The summed E-state index contributed by atoms with van der Waals surface area (Å²) in [7, 11) is 2.07. The molecule has 3 nitrogen and oxygen atoms in total. The van der Waals surface area contributed by atoms with Crippen molar-refractivity contribution in [3.8, 4) is 0 Å². The maximum atomic E-state index is 12.2. The molecule has 4 heteroatoms. The first-order valence-electron chi connectivity index (χ1n) is 7.87. The van der Waals surface area contributed by atoms with Crippen LogP contribution in [0.2, 0.25) is 0 Å². The van der Waals surface area contributed by atoms with Crippen molar-refractivity contribution in [1.82, 2.24) is 10.2 Å². The molecule has 0 aliphatic carbocycles. The van der Waals surface area contributed by atoms with Crippen molar-refractivity contribution in [1.29, 1.82) is 0 Å². The molecule has 0 bridgehead atoms. The standard InChI is InChI=1S/C17H26N2OS/c1-19-12-7-3-6-10-16(19)17(20)18-11-13-21-14-15-8-4-2-5-9-15/h2,4-5,8-9,16H,3,6-7,10-14H2,1H3,(H,18,20)/t16-/m0/s1. The summed E-state index contributed by atoms with van der Waals surface area (Å²) in [6.45, 7) is 1.81. The molecule has 1 atom stereocenters. The maximum Gasteiger partial charge on any atom is 0.237 e. The lowest BCUT2D eigenvalue weighted by Crippen LogP contribution is -2.45. The molecular weight excluding hydrogens is 280 g/mol. The van der Waals surface area contributed by atoms with Crippen LogP contribution in [0.3, 0.4) is 0 Å². The van der Waals surface area contributed by atoms with Gasteiger partial charge in [-0.15, -0.1) is 0 Å². The van der Waals surface area contributed by atoms with Crippen LogP contribution in [-0.2, 0) is 10.5 Å². The van der Waals surface area contributed by atoms with Gasteiger partial charge in [0, 0.05) is 18.1 Å². The highest BCUT2D eigenvalue weighted by molar-refractivity contribution is 7.98. The number of likely N-dealkylation sites (tertiary alicyclic amines) is 1. The molecule has 1 aromatic carbocycles. The van der Waals surface area contributed by atoms with Crippen LogP contribution in [0.1, 0.15) is 31.2 Å². The molecule has 116 valence electrons. The van der Waals surface area contributed by atoms with Gasteiger partial charge in [-0.3, -0.25) is 9.69 Å². The van der Waals surface area contributed by atoms with Crippen molar-refractivity contribution in [2.24, 2.45) is 0 Å². The Morgan fingerprint density at radius 1 is 1.29 bits per heavy atom. The average molecular weight is 306 g/mol. The van der Waals surface area contributed by atoms with Gasteiger partial charge in [0.2, 0.25) is 5.91 Å². The van der Waals surface area contributed by atoms with Crippen LogP contribution in [0, 0.1) is 0 Å². The second-order valence-electron chi connectivity index (χ2n) is 5.67. The Hall–Kier alpha value is -1.00. The summed E-state index contributed by atoms with van der Waals surface area (Å²) in [5.41, 5.74) is 1.34. The van der Waals surface area contributed by atoms with E-state index in [1.807, 2.05) is 17.8 Å². The second-order valence-corrected chi connectivity index (χ2v) is 6.78. The molecule has 1 N–H and O–H groups in total. The zero-order valence-corrected chi connectivity index (χ0v) is 13.7. The fourth-order valence-electron chi connectivity index (χ4n) is 2.71. The molecule has 1 fully saturated rings. The van der Waals surface area contributed by atoms with Gasteiger partial charge in [0.1, 0.15) is 0 Å². The lowest BCUT2D eigenvalue weighted by atomic mass is 10.1. The summed E-state index contributed by atoms with van der Waals surface area (Å²) >= 11 is 1.87. The molecule has 0 saturated carbocycles. The normalized spacial score (nSPS) is 20.0. The number of nitrogens with one attached hydrogen (secondary N) is 1. The smallest absolute Gasteiger partial charge is 0.237 e. The van der Waals surface area contributed by atoms with E-state index in [-0.39, 0.29) is 11.9 Å². The van der Waals surface area contributed by atoms with Crippen LogP contribution in [0.5, 0.6) is 0 Å². The number of nitrogens with zero attached hydrogens (tertiary/aromatic N) is 1. The minimum absolute atomic E-state index is 0.0756. The van der Waals surface area contributed by atoms with Crippen molar-refractivity contribution in [2.45, 2.75) is 37.5 Å². The Bertz CT molecular complexity index is 424. The number of benzene rings is 1. The number of carbonyl (C=O) groups excluding carboxylic acids is 1. The van der Waals surface area contributed by atoms with Crippen LogP contribution in [-0.4, -0.2) is 42.7 Å². The van der Waals surface area contributed by atoms with Gasteiger partial charge >= 0.3 is 0 Å². The Balaban J connectivity index is 1.62. The molecule has 1 saturated heterocycles. The predicted molar refractivity (Wildman–Crippen MR) is 90.5 cm³/mol. The molecule has 0 aromatic heterocycles. The summed E-state index contributed by atoms with van der Waals surface area (Å²) in [4.78, 5) is 14.4. The monoisotopic (exact) mass is 306 g/mol. The summed E-state index contributed by atoms with van der Waals surface area (Å²) in [6, 6.07) is 10.5. The number of thioether (sulfide) groups is 1. The summed E-state index contributed by atoms with van der Waals surface area (Å²) < 4.78 is 0. The zero-order chi connectivity index (χ0) is 14.9. The Labute approximate surface area is 132 Å². The van der Waals surface area contributed by atoms with Gasteiger partial charge in [0.25, 0.3) is 0 Å². The van der Waals surface area contributed by atoms with Gasteiger partial charge in [0.15, 0.2) is 0 Å². The number of hydrogen-bond acceptors (Lipinski definition) is 3. The van der Waals surface area contributed by atoms with E-state index in [2.05, 4.69) is 41.5 Å². The highest BCUT2D eigenvalue weighted by atomic mass is 32.2. The molecule has 0 unspecified atom stereocenters. The van der Waals surface area contributed by atoms with E-state index in [0.717, 1.165) is 31.0 Å². The van der Waals surface area contributed by atoms with Crippen LogP contribution < -0.4 is 5.32 Å². The Morgan fingerprint density at radius 3 is 2.90 bits per heavy atom. The summed E-state index contributed by atoms with van der Waals surface area (Å²) in [5, 5.41) is 3.10. The highest BCUT2D eigenvalue weighted by Gasteiger charge is 2.23. The average Bonchev–Trinajstić information content (AvgIpc) is 2.72. The number of carbonyl (C=O) groups is 1. The SMILES string of the molecule is CN1CCCCC[C@H]1C(=O)NCCSCc1ccccc1. The van der Waals surface area contributed by atoms with Gasteiger partial charge in [-0.25, -0.2) is 0 Å². The lowest BCUT2D eigenvalue weighted by Gasteiger charge is -2.24. The fraction of sp³-hybridized carbons (Fsp3) is 0.588. The third-order valence-corrected chi connectivity index (χ3v) is 5.01. The molecule has 1 aliphatic rings. The number of hydrogen-bond donors (Lipinski definition) is 1. The number of likely N-dealkylation sites (N-methyl/N-ethyl adjacent to an activating group) is 1. The molecule has 1 heterocycles. The van der Waals surface area contributed by atoms with Crippen molar-refractivity contribution in [2.75, 3.05) is 25.9 Å². The molecule has 1 aliphatic heterocycles. The minimum Gasteiger partial charge on any atom is -0.354 e. The van der Waals surface area contributed by atoms with Gasteiger partial charge in [0.05, 0.1) is 6.04 Å². The van der Waals surface area contributed by atoms with Gasteiger partial charge < -0.3 is 5.32 Å². The molecule has 0 spiro atoms. The molecular formula is C17H26N2OS. The van der Waals surface area contributed by atoms with E-state index >= 15 is 0 Å². The predicted octanol–water partition coefficient (Wildman–Crippen LogP) is 2.91. The Kier molecular flexibility index (Phi) is 7.10. The van der Waals surface area contributed by atoms with Gasteiger partial charge in [-0.2, -0.15) is 11.8 Å². The first-order valence-corrected chi connectivity index (χ1v) is 9.02. The van der Waals surface area contributed by atoms with E-state index in [4.69, 9.17) is 0 Å². The van der Waals surface area contributed by atoms with E-state index in [9.17, 15) is 4.79 Å². The van der Waals surface area contributed by atoms with Gasteiger partial charge in [-0.05, 0) is 32.0 Å². The second kappa shape index (κ2) is 9.11. The van der Waals surface area contributed by atoms with Crippen molar-refractivity contribution < 1.29 is 4.79 Å². The topological polar surface area (TPSA) is 32.3 Å². The molecule has 21 heavy (non-hydrogen) atoms. The maximum absolute atomic E-state index is 12.2. The largest absolute Gasteiger partial charge is 0.354 e. The highest BCUT2D eigenvalue weighted by Crippen LogP contribution is 2.15. The van der Waals surface area contributed by atoms with E-state index < -0.39 is 0 Å². The first kappa shape index (κ1) is 16.4. The van der Waals surface area contributed by atoms with Crippen LogP contribution in [0.15, 0.2) is 30.3 Å². The molecule has 1 amide bonds. The zero-order valence-electron chi connectivity index (χ0n) is 12.9. The fourth-order valence-corrected chi connectivity index (χ4v) is 3.53. The first-order chi connectivity index (χ1) is 10.3. The third kappa shape index (κ3) is 5.71. The third-order valence-electron chi connectivity index (χ3n) is 3.98. The lowest BCUT2D eigenvalue weighted by molar-refractivity contribution is -0.125. The quantitative estimate of drug-likeness (QED) is 0.820. The summed E-state index contributed by atoms with van der Waals surface area (Å²) in [6.07, 6.45) is 4.64. The van der Waals surface area contributed by atoms with Gasteiger partial charge in [-0.1, -0.05) is 43.2 Å². The van der Waals surface area contributed by atoms with Crippen LogP contribution in [0.4, 0.5) is 0 Å². The molecule has 1 aromatic rings. The van der Waals surface area contributed by atoms with Crippen LogP contribution >= 0.6 is 11.8 Å². The van der Waals surface area contributed by atoms with Crippen molar-refractivity contribution in [3.63, 3.8) is 0 Å². The molecule has 0 radical (unpaired) electrons. The van der Waals surface area contributed by atoms with E-state index in [1.54, 1.807) is 0 Å². The van der Waals surface area contributed by atoms with Crippen molar-refractivity contribution >= 4 is 17.7 Å². The van der Waals surface area contributed by atoms with E-state index in [1.165, 1.54) is 24.8 Å². The number of amides is 1. The van der Waals surface area contributed by atoms with Crippen LogP contribution in [0.25, 0.3) is 0 Å². The molecule has 2 rings (SSSR count). The summed E-state index contributed by atoms with van der Waals surface area (Å²) in [5.74, 6) is 2.19.